The first-order chi connectivity index (χ1) is 21.5. The van der Waals surface area contributed by atoms with Gasteiger partial charge in [-0.25, -0.2) is 0 Å². The van der Waals surface area contributed by atoms with Gasteiger partial charge in [0.2, 0.25) is 0 Å². The molecular formula is C40H54O5. The minimum absolute atomic E-state index is 0.0208. The van der Waals surface area contributed by atoms with Crippen molar-refractivity contribution in [1.82, 2.24) is 0 Å². The Labute approximate surface area is 270 Å². The number of carbonyl (C=O) groups excluding carboxylic acids is 1. The highest BCUT2D eigenvalue weighted by Gasteiger charge is 2.67. The van der Waals surface area contributed by atoms with Gasteiger partial charge in [-0.3, -0.25) is 4.79 Å². The number of hydrogen-bond acceptors (Lipinski definition) is 5. The van der Waals surface area contributed by atoms with E-state index in [4.69, 9.17) is 0 Å². The highest BCUT2D eigenvalue weighted by molar-refractivity contribution is 5.74. The van der Waals surface area contributed by atoms with Crippen LogP contribution in [-0.4, -0.2) is 51.1 Å². The fourth-order valence-electron chi connectivity index (χ4n) is 8.62. The zero-order chi connectivity index (χ0) is 32.8. The Bertz CT molecular complexity index is 1340. The molecule has 0 aliphatic heterocycles. The predicted molar refractivity (Wildman–Crippen MR) is 182 cm³/mol. The van der Waals surface area contributed by atoms with Gasteiger partial charge in [-0.1, -0.05) is 90.1 Å². The molecule has 3 aliphatic rings. The quantitative estimate of drug-likeness (QED) is 0.0831. The van der Waals surface area contributed by atoms with E-state index >= 15 is 0 Å². The summed E-state index contributed by atoms with van der Waals surface area (Å²) in [7, 11) is 0. The van der Waals surface area contributed by atoms with Crippen LogP contribution in [0.2, 0.25) is 0 Å². The summed E-state index contributed by atoms with van der Waals surface area (Å²) in [5.41, 5.74) is 3.67. The molecule has 0 saturated heterocycles. The molecule has 244 valence electrons. The molecule has 3 aliphatic carbocycles. The summed E-state index contributed by atoms with van der Waals surface area (Å²) in [5.74, 6) is -0.868. The van der Waals surface area contributed by atoms with Gasteiger partial charge in [0.05, 0.1) is 17.8 Å². The number of carbonyl (C=O) groups is 1. The molecule has 2 bridgehead atoms. The third-order valence-electron chi connectivity index (χ3n) is 10.8. The molecule has 4 N–H and O–H groups in total. The van der Waals surface area contributed by atoms with E-state index in [0.29, 0.717) is 44.1 Å². The molecule has 0 heterocycles. The van der Waals surface area contributed by atoms with Crippen LogP contribution in [0.1, 0.15) is 78.2 Å². The van der Waals surface area contributed by atoms with Gasteiger partial charge in [0.1, 0.15) is 6.29 Å². The summed E-state index contributed by atoms with van der Waals surface area (Å²) < 4.78 is 0. The van der Waals surface area contributed by atoms with Gasteiger partial charge >= 0.3 is 0 Å². The molecule has 2 fully saturated rings. The molecule has 1 spiro atoms. The Kier molecular flexibility index (Phi) is 11.8. The van der Waals surface area contributed by atoms with Crippen molar-refractivity contribution in [2.75, 3.05) is 6.61 Å². The van der Waals surface area contributed by atoms with E-state index < -0.39 is 23.2 Å². The predicted octanol–water partition coefficient (Wildman–Crippen LogP) is 6.99. The van der Waals surface area contributed by atoms with Crippen LogP contribution in [0, 0.1) is 29.1 Å². The summed E-state index contributed by atoms with van der Waals surface area (Å²) in [6.45, 7) is 12.0. The van der Waals surface area contributed by atoms with Crippen molar-refractivity contribution >= 4 is 6.29 Å². The molecule has 2 saturated carbocycles. The number of aryl methyl sites for hydroxylation is 1. The zero-order valence-electron chi connectivity index (χ0n) is 27.7. The third kappa shape index (κ3) is 7.44. The minimum Gasteiger partial charge on any atom is -0.396 e. The fourth-order valence-corrected chi connectivity index (χ4v) is 8.62. The first-order valence-electron chi connectivity index (χ1n) is 16.7. The van der Waals surface area contributed by atoms with Gasteiger partial charge in [0, 0.05) is 23.9 Å². The van der Waals surface area contributed by atoms with Crippen LogP contribution in [-0.2, 0) is 11.2 Å². The first-order valence-corrected chi connectivity index (χ1v) is 16.7. The van der Waals surface area contributed by atoms with Crippen LogP contribution in [0.3, 0.4) is 0 Å². The number of aliphatic hydroxyl groups excluding tert-OH is 3. The van der Waals surface area contributed by atoms with E-state index in [0.717, 1.165) is 41.4 Å². The van der Waals surface area contributed by atoms with Gasteiger partial charge in [0.15, 0.2) is 0 Å². The molecule has 5 heteroatoms. The number of allylic oxidation sites excluding steroid dienone is 10. The molecule has 4 rings (SSSR count). The van der Waals surface area contributed by atoms with Crippen molar-refractivity contribution < 1.29 is 25.2 Å². The normalized spacial score (nSPS) is 33.0. The second kappa shape index (κ2) is 15.2. The van der Waals surface area contributed by atoms with Gasteiger partial charge < -0.3 is 20.4 Å². The molecule has 0 radical (unpaired) electrons. The number of aliphatic hydroxyl groups is 4. The summed E-state index contributed by atoms with van der Waals surface area (Å²) in [4.78, 5) is 12.2. The average Bonchev–Trinajstić information content (AvgIpc) is 3.35. The van der Waals surface area contributed by atoms with Crippen LogP contribution in [0.15, 0.2) is 101 Å². The van der Waals surface area contributed by atoms with Crippen molar-refractivity contribution in [3.8, 4) is 0 Å². The largest absolute Gasteiger partial charge is 0.396 e. The molecule has 0 unspecified atom stereocenters. The highest BCUT2D eigenvalue weighted by atomic mass is 16.3. The second-order valence-corrected chi connectivity index (χ2v) is 14.1. The van der Waals surface area contributed by atoms with Crippen molar-refractivity contribution in [1.29, 1.82) is 0 Å². The summed E-state index contributed by atoms with van der Waals surface area (Å²) in [6, 6.07) is 10.1. The maximum absolute atomic E-state index is 12.5. The average molecular weight is 615 g/mol. The van der Waals surface area contributed by atoms with Crippen molar-refractivity contribution in [3.05, 3.63) is 107 Å². The van der Waals surface area contributed by atoms with Gasteiger partial charge in [-0.05, 0) is 108 Å². The fraction of sp³-hybridized carbons (Fsp3) is 0.525. The molecule has 0 amide bonds. The van der Waals surface area contributed by atoms with E-state index in [1.165, 1.54) is 5.57 Å². The van der Waals surface area contributed by atoms with Crippen LogP contribution in [0.4, 0.5) is 0 Å². The summed E-state index contributed by atoms with van der Waals surface area (Å²) in [5, 5.41) is 46.5. The lowest BCUT2D eigenvalue weighted by Gasteiger charge is -2.60. The highest BCUT2D eigenvalue weighted by Crippen LogP contribution is 2.66. The van der Waals surface area contributed by atoms with Crippen molar-refractivity contribution in [2.45, 2.75) is 96.9 Å². The standard InChI is InChI=1S/C40H54O5/c1-27(2)11-9-12-28(3)13-10-16-33(35(43)20-17-30-14-7-6-8-15-30)34-21-23-40(38(34)44)37-31(22-24-41)18-19-32(25-39(40,5)45)36(37)29(4)26-42/h6-8,10-11,13-16,18-19,26,31-32,34-35,37-38,41,43-45H,3,9,12,17,20-25H2,1-2,4-5H3/t31-,32-,34+,35+,37+,38+,39+,40+/m0/s1. The Balaban J connectivity index is 1.72. The topological polar surface area (TPSA) is 98.0 Å². The maximum atomic E-state index is 12.5. The van der Waals surface area contributed by atoms with Gasteiger partial charge in [-0.2, -0.15) is 0 Å². The van der Waals surface area contributed by atoms with E-state index in [9.17, 15) is 25.2 Å². The monoisotopic (exact) mass is 614 g/mol. The van der Waals surface area contributed by atoms with E-state index in [2.05, 4.69) is 50.8 Å². The zero-order valence-corrected chi connectivity index (χ0v) is 27.7. The van der Waals surface area contributed by atoms with Crippen LogP contribution in [0.5, 0.6) is 0 Å². The van der Waals surface area contributed by atoms with Crippen molar-refractivity contribution in [2.24, 2.45) is 29.1 Å². The number of hydrogen-bond donors (Lipinski definition) is 4. The van der Waals surface area contributed by atoms with Gasteiger partial charge in [-0.15, -0.1) is 0 Å². The maximum Gasteiger partial charge on any atom is 0.145 e. The van der Waals surface area contributed by atoms with Crippen LogP contribution >= 0.6 is 0 Å². The smallest absolute Gasteiger partial charge is 0.145 e. The SMILES string of the molecule is C=C(C=CC=C([C@H](O)CCc1ccccc1)[C@H]1CC[C@]2([C@@H]1O)[C@H]1C(=C(C)C=O)[C@@H](C=C[C@H]1CCO)C[C@@]2(C)O)CCC=C(C)C. The molecule has 0 aromatic heterocycles. The van der Waals surface area contributed by atoms with E-state index in [1.807, 2.05) is 50.3 Å². The Morgan fingerprint density at radius 1 is 1.16 bits per heavy atom. The number of benzene rings is 1. The molecule has 1 aromatic carbocycles. The Morgan fingerprint density at radius 2 is 1.89 bits per heavy atom. The van der Waals surface area contributed by atoms with Gasteiger partial charge in [0.25, 0.3) is 0 Å². The van der Waals surface area contributed by atoms with Crippen molar-refractivity contribution in [3.63, 3.8) is 0 Å². The lowest BCUT2D eigenvalue weighted by molar-refractivity contribution is -0.182. The molecule has 8 atom stereocenters. The van der Waals surface area contributed by atoms with Crippen LogP contribution in [0.25, 0.3) is 0 Å². The third-order valence-corrected chi connectivity index (χ3v) is 10.8. The number of rotatable bonds is 13. The van der Waals surface area contributed by atoms with Crippen LogP contribution < -0.4 is 0 Å². The molecule has 45 heavy (non-hydrogen) atoms. The first kappa shape index (κ1) is 35.0. The van der Waals surface area contributed by atoms with E-state index in [-0.39, 0.29) is 30.3 Å². The van der Waals surface area contributed by atoms with E-state index in [1.54, 1.807) is 0 Å². The number of aldehydes is 1. The second-order valence-electron chi connectivity index (χ2n) is 14.1. The summed E-state index contributed by atoms with van der Waals surface area (Å²) in [6.07, 6.45) is 16.5. The lowest BCUT2D eigenvalue weighted by Crippen LogP contribution is -2.63. The molecular weight excluding hydrogens is 560 g/mol. The Hall–Kier alpha value is -2.83. The minimum atomic E-state index is -1.21. The molecule has 5 nitrogen and oxygen atoms in total. The Morgan fingerprint density at radius 3 is 2.56 bits per heavy atom. The number of fused-ring (bicyclic) bond motifs is 3. The lowest BCUT2D eigenvalue weighted by atomic mass is 9.46. The molecule has 1 aromatic rings. The summed E-state index contributed by atoms with van der Waals surface area (Å²) >= 11 is 0.